The first kappa shape index (κ1) is 22.8. The minimum Gasteiger partial charge on any atom is -0.452 e. The Labute approximate surface area is 195 Å². The van der Waals surface area contributed by atoms with E-state index in [-0.39, 0.29) is 29.1 Å². The van der Waals surface area contributed by atoms with Crippen molar-refractivity contribution >= 4 is 29.4 Å². The molecule has 1 aliphatic heterocycles. The molecule has 8 heteroatoms. The second-order valence-corrected chi connectivity index (χ2v) is 7.94. The van der Waals surface area contributed by atoms with Crippen LogP contribution in [0.15, 0.2) is 66.7 Å². The van der Waals surface area contributed by atoms with Gasteiger partial charge in [0.15, 0.2) is 6.61 Å². The SMILES string of the molecule is Cc1ccccc1N1C(=O)c2ccc(C(=O)OCC(=O)N(C)Cc3ccc(F)cc3)cc2C1=O. The molecule has 0 N–H and O–H groups in total. The van der Waals surface area contributed by atoms with Gasteiger partial charge >= 0.3 is 5.97 Å². The van der Waals surface area contributed by atoms with Crippen molar-refractivity contribution in [2.75, 3.05) is 18.6 Å². The predicted octanol–water partition coefficient (Wildman–Crippen LogP) is 3.75. The van der Waals surface area contributed by atoms with E-state index in [9.17, 15) is 23.6 Å². The largest absolute Gasteiger partial charge is 0.452 e. The average molecular weight is 460 g/mol. The fraction of sp³-hybridized carbons (Fsp3) is 0.154. The summed E-state index contributed by atoms with van der Waals surface area (Å²) in [5.74, 6) is -2.61. The van der Waals surface area contributed by atoms with E-state index in [0.29, 0.717) is 5.69 Å². The molecule has 0 radical (unpaired) electrons. The Morgan fingerprint density at radius 2 is 1.62 bits per heavy atom. The van der Waals surface area contributed by atoms with Crippen LogP contribution >= 0.6 is 0 Å². The fourth-order valence-corrected chi connectivity index (χ4v) is 3.67. The van der Waals surface area contributed by atoms with Crippen LogP contribution in [0.4, 0.5) is 10.1 Å². The van der Waals surface area contributed by atoms with Crippen molar-refractivity contribution in [3.63, 3.8) is 0 Å². The normalized spacial score (nSPS) is 12.5. The van der Waals surface area contributed by atoms with E-state index in [0.717, 1.165) is 16.0 Å². The van der Waals surface area contributed by atoms with Crippen molar-refractivity contribution in [3.8, 4) is 0 Å². The zero-order chi connectivity index (χ0) is 24.4. The number of hydrogen-bond donors (Lipinski definition) is 0. The smallest absolute Gasteiger partial charge is 0.338 e. The molecule has 0 saturated carbocycles. The molecular weight excluding hydrogens is 439 g/mol. The number of anilines is 1. The molecule has 0 aromatic heterocycles. The predicted molar refractivity (Wildman–Crippen MR) is 122 cm³/mol. The van der Waals surface area contributed by atoms with Crippen molar-refractivity contribution < 1.29 is 28.3 Å². The van der Waals surface area contributed by atoms with Crippen LogP contribution in [0.1, 0.15) is 42.2 Å². The second-order valence-electron chi connectivity index (χ2n) is 7.94. The number of nitrogens with zero attached hydrogens (tertiary/aromatic N) is 2. The summed E-state index contributed by atoms with van der Waals surface area (Å²) in [6, 6.07) is 16.9. The van der Waals surface area contributed by atoms with Gasteiger partial charge in [0.1, 0.15) is 5.82 Å². The van der Waals surface area contributed by atoms with Crippen LogP contribution in [-0.2, 0) is 16.1 Å². The molecular formula is C26H21FN2O5. The van der Waals surface area contributed by atoms with Gasteiger partial charge in [0, 0.05) is 13.6 Å². The number of rotatable bonds is 6. The van der Waals surface area contributed by atoms with Crippen molar-refractivity contribution in [2.24, 2.45) is 0 Å². The van der Waals surface area contributed by atoms with E-state index in [1.165, 1.54) is 35.2 Å². The van der Waals surface area contributed by atoms with Gasteiger partial charge in [0.25, 0.3) is 17.7 Å². The highest BCUT2D eigenvalue weighted by atomic mass is 19.1. The van der Waals surface area contributed by atoms with Gasteiger partial charge in [-0.05, 0) is 54.4 Å². The molecule has 4 rings (SSSR count). The molecule has 1 heterocycles. The Morgan fingerprint density at radius 1 is 0.941 bits per heavy atom. The van der Waals surface area contributed by atoms with Gasteiger partial charge in [0.2, 0.25) is 0 Å². The number of halogens is 1. The molecule has 3 amide bonds. The van der Waals surface area contributed by atoms with Gasteiger partial charge in [-0.15, -0.1) is 0 Å². The third-order valence-corrected chi connectivity index (χ3v) is 5.56. The molecule has 0 atom stereocenters. The zero-order valence-corrected chi connectivity index (χ0v) is 18.6. The van der Waals surface area contributed by atoms with Crippen molar-refractivity contribution in [2.45, 2.75) is 13.5 Å². The van der Waals surface area contributed by atoms with E-state index in [2.05, 4.69) is 0 Å². The number of amides is 3. The Balaban J connectivity index is 1.42. The summed E-state index contributed by atoms with van der Waals surface area (Å²) in [6.45, 7) is 1.52. The first-order chi connectivity index (χ1) is 16.3. The number of carbonyl (C=O) groups excluding carboxylic acids is 4. The van der Waals surface area contributed by atoms with Gasteiger partial charge in [-0.2, -0.15) is 0 Å². The monoisotopic (exact) mass is 460 g/mol. The average Bonchev–Trinajstić information content (AvgIpc) is 3.08. The standard InChI is InChI=1S/C26H21FN2O5/c1-16-5-3-4-6-22(16)29-24(31)20-12-9-18(13-21(20)25(29)32)26(33)34-15-23(30)28(2)14-17-7-10-19(27)11-8-17/h3-13H,14-15H2,1-2H3. The molecule has 34 heavy (non-hydrogen) atoms. The van der Waals surface area contributed by atoms with Crippen LogP contribution < -0.4 is 4.90 Å². The molecule has 0 aliphatic carbocycles. The maximum Gasteiger partial charge on any atom is 0.338 e. The molecule has 0 fully saturated rings. The second kappa shape index (κ2) is 9.27. The highest BCUT2D eigenvalue weighted by Gasteiger charge is 2.37. The lowest BCUT2D eigenvalue weighted by Crippen LogP contribution is -2.30. The lowest BCUT2D eigenvalue weighted by atomic mass is 10.1. The van der Waals surface area contributed by atoms with Gasteiger partial charge in [0.05, 0.1) is 22.4 Å². The highest BCUT2D eigenvalue weighted by Crippen LogP contribution is 2.31. The molecule has 0 saturated heterocycles. The van der Waals surface area contributed by atoms with Gasteiger partial charge in [-0.1, -0.05) is 30.3 Å². The number of benzene rings is 3. The van der Waals surface area contributed by atoms with E-state index in [1.54, 1.807) is 44.3 Å². The minimum absolute atomic E-state index is 0.0560. The maximum absolute atomic E-state index is 13.0. The fourth-order valence-electron chi connectivity index (χ4n) is 3.67. The summed E-state index contributed by atoms with van der Waals surface area (Å²) < 4.78 is 18.1. The van der Waals surface area contributed by atoms with Crippen LogP contribution in [0.25, 0.3) is 0 Å². The molecule has 0 spiro atoms. The van der Waals surface area contributed by atoms with Crippen molar-refractivity contribution in [1.29, 1.82) is 0 Å². The highest BCUT2D eigenvalue weighted by molar-refractivity contribution is 6.34. The number of carbonyl (C=O) groups is 4. The van der Waals surface area contributed by atoms with Crippen LogP contribution in [0, 0.1) is 12.7 Å². The number of para-hydroxylation sites is 1. The minimum atomic E-state index is -0.791. The third-order valence-electron chi connectivity index (χ3n) is 5.56. The van der Waals surface area contributed by atoms with Gasteiger partial charge in [-0.3, -0.25) is 14.4 Å². The molecule has 172 valence electrons. The molecule has 3 aromatic carbocycles. The van der Waals surface area contributed by atoms with E-state index < -0.39 is 30.3 Å². The van der Waals surface area contributed by atoms with Crippen LogP contribution in [0.3, 0.4) is 0 Å². The Morgan fingerprint density at radius 3 is 2.32 bits per heavy atom. The maximum atomic E-state index is 13.0. The Kier molecular flexibility index (Phi) is 6.23. The molecule has 1 aliphatic rings. The Hall–Kier alpha value is -4.33. The number of aryl methyl sites for hydroxylation is 1. The van der Waals surface area contributed by atoms with Crippen LogP contribution in [-0.4, -0.2) is 42.2 Å². The molecule has 0 unspecified atom stereocenters. The first-order valence-electron chi connectivity index (χ1n) is 10.5. The molecule has 3 aromatic rings. The number of hydrogen-bond acceptors (Lipinski definition) is 5. The van der Waals surface area contributed by atoms with Crippen molar-refractivity contribution in [3.05, 3.63) is 100 Å². The number of ether oxygens (including phenoxy) is 1. The van der Waals surface area contributed by atoms with E-state index in [4.69, 9.17) is 4.74 Å². The van der Waals surface area contributed by atoms with E-state index >= 15 is 0 Å². The summed E-state index contributed by atoms with van der Waals surface area (Å²) in [7, 11) is 1.54. The topological polar surface area (TPSA) is 84.0 Å². The number of imide groups is 1. The van der Waals surface area contributed by atoms with Gasteiger partial charge < -0.3 is 9.64 Å². The van der Waals surface area contributed by atoms with Crippen molar-refractivity contribution in [1.82, 2.24) is 4.90 Å². The Bertz CT molecular complexity index is 1300. The summed E-state index contributed by atoms with van der Waals surface area (Å²) in [5, 5.41) is 0. The quantitative estimate of drug-likeness (QED) is 0.413. The van der Waals surface area contributed by atoms with Crippen LogP contribution in [0.2, 0.25) is 0 Å². The zero-order valence-electron chi connectivity index (χ0n) is 18.6. The summed E-state index contributed by atoms with van der Waals surface area (Å²) >= 11 is 0. The van der Waals surface area contributed by atoms with E-state index in [1.807, 2.05) is 6.07 Å². The number of esters is 1. The number of likely N-dealkylation sites (N-methyl/N-ethyl adjacent to an activating group) is 1. The molecule has 0 bridgehead atoms. The summed E-state index contributed by atoms with van der Waals surface area (Å²) in [6.07, 6.45) is 0. The number of fused-ring (bicyclic) bond motifs is 1. The molecule has 7 nitrogen and oxygen atoms in total. The lowest BCUT2D eigenvalue weighted by molar-refractivity contribution is -0.133. The first-order valence-corrected chi connectivity index (χ1v) is 10.5. The third kappa shape index (κ3) is 4.43. The van der Waals surface area contributed by atoms with Crippen LogP contribution in [0.5, 0.6) is 0 Å². The van der Waals surface area contributed by atoms with Gasteiger partial charge in [-0.25, -0.2) is 14.1 Å². The summed E-state index contributed by atoms with van der Waals surface area (Å²) in [5.41, 5.74) is 2.32. The summed E-state index contributed by atoms with van der Waals surface area (Å²) in [4.78, 5) is 53.1. The lowest BCUT2D eigenvalue weighted by Gasteiger charge is -2.17.